The van der Waals surface area contributed by atoms with Crippen molar-refractivity contribution in [3.63, 3.8) is 0 Å². The Morgan fingerprint density at radius 1 is 1.19 bits per heavy atom. The van der Waals surface area contributed by atoms with E-state index in [0.717, 1.165) is 6.07 Å². The minimum absolute atomic E-state index is 0.0538. The monoisotopic (exact) mass is 307 g/mol. The minimum Gasteiger partial charge on any atom is -0.491 e. The summed E-state index contributed by atoms with van der Waals surface area (Å²) in [6.45, 7) is 3.86. The number of carbonyl (C=O) groups is 1. The zero-order chi connectivity index (χ0) is 15.4. The number of halogens is 2. The quantitative estimate of drug-likeness (QED) is 0.902. The summed E-state index contributed by atoms with van der Waals surface area (Å²) in [5, 5.41) is 2.87. The van der Waals surface area contributed by atoms with Gasteiger partial charge in [-0.25, -0.2) is 4.39 Å². The number of hydrogen-bond donors (Lipinski definition) is 1. The molecule has 3 nitrogen and oxygen atoms in total. The maximum absolute atomic E-state index is 13.6. The van der Waals surface area contributed by atoms with Crippen molar-refractivity contribution in [1.82, 2.24) is 0 Å². The van der Waals surface area contributed by atoms with Crippen LogP contribution in [0.25, 0.3) is 0 Å². The largest absolute Gasteiger partial charge is 0.491 e. The molecule has 0 atom stereocenters. The lowest BCUT2D eigenvalue weighted by Crippen LogP contribution is -2.13. The van der Waals surface area contributed by atoms with Gasteiger partial charge in [0.2, 0.25) is 0 Å². The lowest BCUT2D eigenvalue weighted by molar-refractivity contribution is 0.102. The van der Waals surface area contributed by atoms with E-state index in [1.165, 1.54) is 12.1 Å². The van der Waals surface area contributed by atoms with E-state index < -0.39 is 11.7 Å². The Labute approximate surface area is 127 Å². The molecule has 0 aliphatic heterocycles. The van der Waals surface area contributed by atoms with Crippen molar-refractivity contribution in [2.75, 3.05) is 5.32 Å². The minimum atomic E-state index is -0.653. The van der Waals surface area contributed by atoms with Crippen molar-refractivity contribution in [2.45, 2.75) is 20.0 Å². The van der Waals surface area contributed by atoms with Gasteiger partial charge in [-0.05, 0) is 56.3 Å². The van der Waals surface area contributed by atoms with Crippen molar-refractivity contribution in [2.24, 2.45) is 0 Å². The molecule has 1 amide bonds. The number of carbonyl (C=O) groups excluding carboxylic acids is 1. The summed E-state index contributed by atoms with van der Waals surface area (Å²) in [7, 11) is 0. The molecule has 0 aromatic heterocycles. The Kier molecular flexibility index (Phi) is 4.81. The molecule has 0 aliphatic carbocycles. The predicted octanol–water partition coefficient (Wildman–Crippen LogP) is 4.52. The number of rotatable bonds is 4. The van der Waals surface area contributed by atoms with Crippen LogP contribution in [0.3, 0.4) is 0 Å². The number of nitrogens with one attached hydrogen (secondary N) is 1. The summed E-state index contributed by atoms with van der Waals surface area (Å²) in [6, 6.07) is 10.8. The summed E-state index contributed by atoms with van der Waals surface area (Å²) in [5.74, 6) is -0.470. The highest BCUT2D eigenvalue weighted by atomic mass is 35.5. The molecular weight excluding hydrogens is 293 g/mol. The van der Waals surface area contributed by atoms with Gasteiger partial charge in [-0.15, -0.1) is 0 Å². The first kappa shape index (κ1) is 15.3. The van der Waals surface area contributed by atoms with Crippen LogP contribution < -0.4 is 10.1 Å². The van der Waals surface area contributed by atoms with Gasteiger partial charge in [-0.1, -0.05) is 11.6 Å². The summed E-state index contributed by atoms with van der Waals surface area (Å²) in [6.07, 6.45) is 0.0774. The lowest BCUT2D eigenvalue weighted by Gasteiger charge is -2.11. The second-order valence-corrected chi connectivity index (χ2v) is 5.21. The molecule has 0 aliphatic rings. The van der Waals surface area contributed by atoms with Crippen LogP contribution in [0.5, 0.6) is 5.75 Å². The molecule has 5 heteroatoms. The molecule has 0 fully saturated rings. The van der Waals surface area contributed by atoms with Crippen LogP contribution in [0.1, 0.15) is 24.2 Å². The highest BCUT2D eigenvalue weighted by Gasteiger charge is 2.12. The normalized spacial score (nSPS) is 10.5. The average Bonchev–Trinajstić information content (AvgIpc) is 2.40. The Morgan fingerprint density at radius 3 is 2.43 bits per heavy atom. The second kappa shape index (κ2) is 6.59. The first-order valence-corrected chi connectivity index (χ1v) is 6.86. The fourth-order valence-corrected chi connectivity index (χ4v) is 1.92. The topological polar surface area (TPSA) is 38.3 Å². The van der Waals surface area contributed by atoms with E-state index in [-0.39, 0.29) is 16.7 Å². The third kappa shape index (κ3) is 4.20. The van der Waals surface area contributed by atoms with Crippen LogP contribution in [0.2, 0.25) is 5.02 Å². The number of hydrogen-bond acceptors (Lipinski definition) is 2. The van der Waals surface area contributed by atoms with E-state index in [0.29, 0.717) is 11.4 Å². The Morgan fingerprint density at radius 2 is 1.86 bits per heavy atom. The molecule has 0 heterocycles. The van der Waals surface area contributed by atoms with E-state index in [4.69, 9.17) is 16.3 Å². The van der Waals surface area contributed by atoms with Crippen LogP contribution in [0, 0.1) is 5.82 Å². The van der Waals surface area contributed by atoms with Gasteiger partial charge in [0.15, 0.2) is 0 Å². The highest BCUT2D eigenvalue weighted by molar-refractivity contribution is 6.30. The van der Waals surface area contributed by atoms with E-state index in [9.17, 15) is 9.18 Å². The number of benzene rings is 2. The van der Waals surface area contributed by atoms with Gasteiger partial charge in [0.1, 0.15) is 11.6 Å². The molecule has 0 saturated heterocycles. The van der Waals surface area contributed by atoms with Gasteiger partial charge in [0.05, 0.1) is 11.7 Å². The van der Waals surface area contributed by atoms with Crippen molar-refractivity contribution in [3.8, 4) is 5.75 Å². The molecular formula is C16H15ClFNO2. The van der Waals surface area contributed by atoms with E-state index in [1.54, 1.807) is 24.3 Å². The highest BCUT2D eigenvalue weighted by Crippen LogP contribution is 2.19. The third-order valence-electron chi connectivity index (χ3n) is 2.66. The zero-order valence-corrected chi connectivity index (χ0v) is 12.4. The van der Waals surface area contributed by atoms with Crippen LogP contribution in [-0.2, 0) is 0 Å². The molecule has 1 N–H and O–H groups in total. The van der Waals surface area contributed by atoms with Crippen molar-refractivity contribution >= 4 is 23.2 Å². The standard InChI is InChI=1S/C16H15ClFNO2/c1-10(2)21-13-6-4-12(5-7-13)19-16(20)14-8-3-11(17)9-15(14)18/h3-10H,1-2H3,(H,19,20). The van der Waals surface area contributed by atoms with E-state index >= 15 is 0 Å². The molecule has 0 saturated carbocycles. The molecule has 0 spiro atoms. The zero-order valence-electron chi connectivity index (χ0n) is 11.7. The Bertz CT molecular complexity index is 641. The van der Waals surface area contributed by atoms with Crippen molar-refractivity contribution in [1.29, 1.82) is 0 Å². The molecule has 0 unspecified atom stereocenters. The first-order chi connectivity index (χ1) is 9.95. The van der Waals surface area contributed by atoms with Gasteiger partial charge in [-0.2, -0.15) is 0 Å². The van der Waals surface area contributed by atoms with Gasteiger partial charge in [-0.3, -0.25) is 4.79 Å². The maximum atomic E-state index is 13.6. The predicted molar refractivity (Wildman–Crippen MR) is 81.6 cm³/mol. The second-order valence-electron chi connectivity index (χ2n) is 4.77. The SMILES string of the molecule is CC(C)Oc1ccc(NC(=O)c2ccc(Cl)cc2F)cc1. The van der Waals surface area contributed by atoms with Crippen molar-refractivity contribution < 1.29 is 13.9 Å². The van der Waals surface area contributed by atoms with E-state index in [1.807, 2.05) is 13.8 Å². The van der Waals surface area contributed by atoms with Gasteiger partial charge in [0, 0.05) is 10.7 Å². The van der Waals surface area contributed by atoms with Crippen LogP contribution >= 0.6 is 11.6 Å². The molecule has 2 aromatic rings. The summed E-state index contributed by atoms with van der Waals surface area (Å²) >= 11 is 5.66. The van der Waals surface area contributed by atoms with Gasteiger partial charge >= 0.3 is 0 Å². The Hall–Kier alpha value is -2.07. The molecule has 0 bridgehead atoms. The van der Waals surface area contributed by atoms with Crippen LogP contribution in [-0.4, -0.2) is 12.0 Å². The van der Waals surface area contributed by atoms with Crippen LogP contribution in [0.15, 0.2) is 42.5 Å². The summed E-state index contributed by atoms with van der Waals surface area (Å²) in [5.41, 5.74) is 0.507. The summed E-state index contributed by atoms with van der Waals surface area (Å²) < 4.78 is 19.1. The van der Waals surface area contributed by atoms with Gasteiger partial charge < -0.3 is 10.1 Å². The number of anilines is 1. The number of amides is 1. The summed E-state index contributed by atoms with van der Waals surface area (Å²) in [4.78, 5) is 12.0. The molecule has 2 aromatic carbocycles. The molecule has 2 rings (SSSR count). The van der Waals surface area contributed by atoms with Crippen LogP contribution in [0.4, 0.5) is 10.1 Å². The van der Waals surface area contributed by atoms with Gasteiger partial charge in [0.25, 0.3) is 5.91 Å². The fourth-order valence-electron chi connectivity index (χ4n) is 1.76. The Balaban J connectivity index is 2.08. The molecule has 0 radical (unpaired) electrons. The first-order valence-electron chi connectivity index (χ1n) is 6.49. The smallest absolute Gasteiger partial charge is 0.258 e. The molecule has 110 valence electrons. The maximum Gasteiger partial charge on any atom is 0.258 e. The number of ether oxygens (including phenoxy) is 1. The molecule has 21 heavy (non-hydrogen) atoms. The fraction of sp³-hybridized carbons (Fsp3) is 0.188. The third-order valence-corrected chi connectivity index (χ3v) is 2.89. The van der Waals surface area contributed by atoms with Crippen molar-refractivity contribution in [3.05, 3.63) is 58.9 Å². The lowest BCUT2D eigenvalue weighted by atomic mass is 10.2. The van der Waals surface area contributed by atoms with E-state index in [2.05, 4.69) is 5.32 Å². The average molecular weight is 308 g/mol.